The first kappa shape index (κ1) is 15.8. The third kappa shape index (κ3) is 3.96. The lowest BCUT2D eigenvalue weighted by Crippen LogP contribution is -2.23. The Morgan fingerprint density at radius 3 is 2.71 bits per heavy atom. The van der Waals surface area contributed by atoms with Gasteiger partial charge < -0.3 is 11.1 Å². The molecule has 0 aliphatic rings. The van der Waals surface area contributed by atoms with Crippen molar-refractivity contribution in [3.8, 4) is 0 Å². The second-order valence-electron chi connectivity index (χ2n) is 4.79. The fourth-order valence-electron chi connectivity index (χ4n) is 2.04. The van der Waals surface area contributed by atoms with Gasteiger partial charge in [0.1, 0.15) is 4.90 Å². The van der Waals surface area contributed by atoms with Crippen molar-refractivity contribution in [2.45, 2.75) is 24.3 Å². The van der Waals surface area contributed by atoms with Gasteiger partial charge in [-0.2, -0.15) is 0 Å². The molecule has 0 aliphatic carbocycles. The average molecular weight is 325 g/mol. The summed E-state index contributed by atoms with van der Waals surface area (Å²) in [5.74, 6) is 0. The molecule has 2 rings (SSSR count). The highest BCUT2D eigenvalue weighted by Gasteiger charge is 2.18. The summed E-state index contributed by atoms with van der Waals surface area (Å²) in [5.41, 5.74) is 6.68. The first-order chi connectivity index (χ1) is 9.92. The van der Waals surface area contributed by atoms with Crippen molar-refractivity contribution >= 4 is 32.7 Å². The van der Waals surface area contributed by atoms with Gasteiger partial charge in [-0.15, -0.1) is 11.3 Å². The molecule has 4 N–H and O–H groups in total. The summed E-state index contributed by atoms with van der Waals surface area (Å²) in [6.07, 6.45) is 0.834. The topological polar surface area (TPSA) is 84.2 Å². The van der Waals surface area contributed by atoms with Crippen LogP contribution in [0.5, 0.6) is 0 Å². The number of thiophene rings is 1. The molecule has 1 unspecified atom stereocenters. The molecule has 5 nitrogen and oxygen atoms in total. The van der Waals surface area contributed by atoms with Crippen molar-refractivity contribution in [1.82, 2.24) is 4.72 Å². The molecular formula is C14H19N3O2S2. The van der Waals surface area contributed by atoms with E-state index in [4.69, 9.17) is 5.73 Å². The maximum atomic E-state index is 12.1. The van der Waals surface area contributed by atoms with Crippen molar-refractivity contribution in [1.29, 1.82) is 0 Å². The molecule has 0 spiro atoms. The van der Waals surface area contributed by atoms with Gasteiger partial charge >= 0.3 is 0 Å². The Hall–Kier alpha value is -1.57. The van der Waals surface area contributed by atoms with Crippen LogP contribution >= 0.6 is 11.3 Å². The number of anilines is 2. The number of hydrogen-bond acceptors (Lipinski definition) is 5. The van der Waals surface area contributed by atoms with E-state index in [9.17, 15) is 8.42 Å². The molecule has 0 saturated heterocycles. The minimum atomic E-state index is -3.55. The van der Waals surface area contributed by atoms with Gasteiger partial charge in [-0.1, -0.05) is 6.07 Å². The van der Waals surface area contributed by atoms with Crippen LogP contribution in [0.3, 0.4) is 0 Å². The molecule has 0 radical (unpaired) electrons. The van der Waals surface area contributed by atoms with Crippen LogP contribution in [0.25, 0.3) is 0 Å². The minimum Gasteiger partial charge on any atom is -0.399 e. The van der Waals surface area contributed by atoms with Crippen LogP contribution in [0, 0.1) is 0 Å². The van der Waals surface area contributed by atoms with E-state index in [1.165, 1.54) is 18.0 Å². The minimum absolute atomic E-state index is 0.109. The third-order valence-electron chi connectivity index (χ3n) is 3.05. The number of nitrogens with one attached hydrogen (secondary N) is 2. The van der Waals surface area contributed by atoms with E-state index < -0.39 is 10.0 Å². The van der Waals surface area contributed by atoms with E-state index in [0.717, 1.165) is 6.42 Å². The molecule has 1 heterocycles. The smallest absolute Gasteiger partial charge is 0.242 e. The molecule has 0 aliphatic heterocycles. The summed E-state index contributed by atoms with van der Waals surface area (Å²) in [4.78, 5) is 1.42. The Labute approximate surface area is 129 Å². The van der Waals surface area contributed by atoms with Crippen LogP contribution in [-0.2, 0) is 16.4 Å². The van der Waals surface area contributed by atoms with Gasteiger partial charge in [0.15, 0.2) is 0 Å². The second kappa shape index (κ2) is 6.46. The number of hydrogen-bond donors (Lipinski definition) is 3. The third-order valence-corrected chi connectivity index (χ3v) is 5.41. The molecule has 114 valence electrons. The van der Waals surface area contributed by atoms with Gasteiger partial charge in [0.2, 0.25) is 10.0 Å². The van der Waals surface area contributed by atoms with Crippen molar-refractivity contribution in [3.05, 3.63) is 40.6 Å². The Morgan fingerprint density at radius 2 is 2.10 bits per heavy atom. The highest BCUT2D eigenvalue weighted by Crippen LogP contribution is 2.25. The van der Waals surface area contributed by atoms with E-state index in [2.05, 4.69) is 16.1 Å². The van der Waals surface area contributed by atoms with Crippen LogP contribution in [0.1, 0.15) is 11.8 Å². The molecular weight excluding hydrogens is 306 g/mol. The maximum absolute atomic E-state index is 12.1. The van der Waals surface area contributed by atoms with Crippen LogP contribution in [-0.4, -0.2) is 21.5 Å². The Morgan fingerprint density at radius 1 is 1.33 bits per heavy atom. The van der Waals surface area contributed by atoms with E-state index >= 15 is 0 Å². The molecule has 1 aromatic heterocycles. The van der Waals surface area contributed by atoms with E-state index in [1.807, 2.05) is 18.4 Å². The maximum Gasteiger partial charge on any atom is 0.242 e. The summed E-state index contributed by atoms with van der Waals surface area (Å²) < 4.78 is 26.5. The summed E-state index contributed by atoms with van der Waals surface area (Å²) >= 11 is 1.69. The van der Waals surface area contributed by atoms with Crippen molar-refractivity contribution in [3.63, 3.8) is 0 Å². The predicted molar refractivity (Wildman–Crippen MR) is 88.2 cm³/mol. The fourth-order valence-corrected chi connectivity index (χ4v) is 3.80. The lowest BCUT2D eigenvalue weighted by molar-refractivity contribution is 0.588. The average Bonchev–Trinajstić information content (AvgIpc) is 2.93. The first-order valence-corrected chi connectivity index (χ1v) is 8.90. The zero-order valence-electron chi connectivity index (χ0n) is 12.0. The number of benzene rings is 1. The highest BCUT2D eigenvalue weighted by molar-refractivity contribution is 7.89. The molecule has 2 aromatic rings. The van der Waals surface area contributed by atoms with Crippen LogP contribution in [0.4, 0.5) is 11.4 Å². The van der Waals surface area contributed by atoms with Gasteiger partial charge in [-0.25, -0.2) is 13.1 Å². The summed E-state index contributed by atoms with van der Waals surface area (Å²) in [6.45, 7) is 2.02. The molecule has 7 heteroatoms. The van der Waals surface area contributed by atoms with Crippen LogP contribution in [0.15, 0.2) is 40.6 Å². The van der Waals surface area contributed by atoms with Gasteiger partial charge in [-0.05, 0) is 43.6 Å². The van der Waals surface area contributed by atoms with E-state index in [0.29, 0.717) is 11.4 Å². The first-order valence-electron chi connectivity index (χ1n) is 6.54. The number of rotatable bonds is 6. The van der Waals surface area contributed by atoms with Gasteiger partial charge in [0.25, 0.3) is 0 Å². The standard InChI is InChI=1S/C14H19N3O2S2/c1-10(8-12-4-3-7-20-12)17-13-6-5-11(15)9-14(13)21(18,19)16-2/h3-7,9-10,16-17H,8,15H2,1-2H3. The number of nitrogen functional groups attached to an aromatic ring is 1. The lowest BCUT2D eigenvalue weighted by atomic mass is 10.2. The molecule has 0 saturated carbocycles. The Bertz CT molecular complexity index is 697. The zero-order chi connectivity index (χ0) is 15.5. The highest BCUT2D eigenvalue weighted by atomic mass is 32.2. The fraction of sp³-hybridized carbons (Fsp3) is 0.286. The van der Waals surface area contributed by atoms with Crippen LogP contribution < -0.4 is 15.8 Å². The number of nitrogens with two attached hydrogens (primary N) is 1. The second-order valence-corrected chi connectivity index (χ2v) is 7.68. The molecule has 0 bridgehead atoms. The van der Waals surface area contributed by atoms with E-state index in [1.54, 1.807) is 23.5 Å². The van der Waals surface area contributed by atoms with Crippen molar-refractivity contribution in [2.75, 3.05) is 18.1 Å². The van der Waals surface area contributed by atoms with Gasteiger partial charge in [0, 0.05) is 23.0 Å². The van der Waals surface area contributed by atoms with Gasteiger partial charge in [0.05, 0.1) is 5.69 Å². The Balaban J connectivity index is 2.23. The summed E-state index contributed by atoms with van der Waals surface area (Å²) in [6, 6.07) is 9.04. The molecule has 1 atom stereocenters. The molecule has 0 amide bonds. The van der Waals surface area contributed by atoms with Crippen LogP contribution in [0.2, 0.25) is 0 Å². The Kier molecular flexibility index (Phi) is 4.87. The summed E-state index contributed by atoms with van der Waals surface area (Å²) in [5, 5.41) is 5.28. The lowest BCUT2D eigenvalue weighted by Gasteiger charge is -2.18. The predicted octanol–water partition coefficient (Wildman–Crippen LogP) is 2.28. The normalized spacial score (nSPS) is 13.0. The number of sulfonamides is 1. The quantitative estimate of drug-likeness (QED) is 0.711. The SMILES string of the molecule is CNS(=O)(=O)c1cc(N)ccc1NC(C)Cc1cccs1. The summed E-state index contributed by atoms with van der Waals surface area (Å²) in [7, 11) is -2.16. The zero-order valence-corrected chi connectivity index (χ0v) is 13.6. The van der Waals surface area contributed by atoms with Crippen molar-refractivity contribution < 1.29 is 8.42 Å². The molecule has 21 heavy (non-hydrogen) atoms. The monoisotopic (exact) mass is 325 g/mol. The molecule has 0 fully saturated rings. The molecule has 1 aromatic carbocycles. The largest absolute Gasteiger partial charge is 0.399 e. The van der Waals surface area contributed by atoms with Crippen molar-refractivity contribution in [2.24, 2.45) is 0 Å². The van der Waals surface area contributed by atoms with Gasteiger partial charge in [-0.3, -0.25) is 0 Å². The van der Waals surface area contributed by atoms with E-state index in [-0.39, 0.29) is 10.9 Å².